The molecule has 0 fully saturated rings. The molecule has 1 unspecified atom stereocenters. The quantitative estimate of drug-likeness (QED) is 0.903. The Morgan fingerprint density at radius 2 is 2.18 bits per heavy atom. The molecular formula is C13H13BrFNS. The number of nitrogens with two attached hydrogens (primary N) is 1. The van der Waals surface area contributed by atoms with Crippen molar-refractivity contribution in [2.75, 3.05) is 0 Å². The molecule has 0 aliphatic carbocycles. The predicted molar refractivity (Wildman–Crippen MR) is 73.8 cm³/mol. The van der Waals surface area contributed by atoms with E-state index in [9.17, 15) is 4.39 Å². The van der Waals surface area contributed by atoms with Crippen molar-refractivity contribution in [1.29, 1.82) is 0 Å². The molecule has 1 aromatic heterocycles. The average Bonchev–Trinajstić information content (AvgIpc) is 2.67. The van der Waals surface area contributed by atoms with Gasteiger partial charge < -0.3 is 5.73 Å². The first-order chi connectivity index (χ1) is 8.06. The SMILES string of the molecule is Cc1ccc(F)c(C(N)Cc2cc(Br)cs2)c1. The van der Waals surface area contributed by atoms with Gasteiger partial charge in [0.15, 0.2) is 0 Å². The predicted octanol–water partition coefficient (Wildman–Crippen LogP) is 4.20. The molecular weight excluding hydrogens is 301 g/mol. The molecule has 17 heavy (non-hydrogen) atoms. The smallest absolute Gasteiger partial charge is 0.128 e. The van der Waals surface area contributed by atoms with Gasteiger partial charge in [-0.25, -0.2) is 4.39 Å². The number of hydrogen-bond acceptors (Lipinski definition) is 2. The van der Waals surface area contributed by atoms with E-state index in [2.05, 4.69) is 15.9 Å². The second kappa shape index (κ2) is 5.29. The fourth-order valence-electron chi connectivity index (χ4n) is 1.73. The van der Waals surface area contributed by atoms with Crippen LogP contribution in [0, 0.1) is 12.7 Å². The Kier molecular flexibility index (Phi) is 3.97. The molecule has 0 radical (unpaired) electrons. The van der Waals surface area contributed by atoms with Gasteiger partial charge in [0.2, 0.25) is 0 Å². The third-order valence-corrected chi connectivity index (χ3v) is 4.31. The van der Waals surface area contributed by atoms with Crippen molar-refractivity contribution in [2.45, 2.75) is 19.4 Å². The minimum absolute atomic E-state index is 0.223. The van der Waals surface area contributed by atoms with E-state index in [1.807, 2.05) is 24.4 Å². The third kappa shape index (κ3) is 3.15. The van der Waals surface area contributed by atoms with Crippen LogP contribution in [0.5, 0.6) is 0 Å². The molecule has 2 aromatic rings. The summed E-state index contributed by atoms with van der Waals surface area (Å²) in [6.07, 6.45) is 0.663. The summed E-state index contributed by atoms with van der Waals surface area (Å²) in [7, 11) is 0. The van der Waals surface area contributed by atoms with E-state index in [1.54, 1.807) is 17.4 Å². The minimum Gasteiger partial charge on any atom is -0.324 e. The summed E-state index contributed by atoms with van der Waals surface area (Å²) in [6.45, 7) is 1.94. The Morgan fingerprint density at radius 3 is 2.82 bits per heavy atom. The van der Waals surface area contributed by atoms with Crippen molar-refractivity contribution in [3.8, 4) is 0 Å². The van der Waals surface area contributed by atoms with Crippen LogP contribution < -0.4 is 5.73 Å². The van der Waals surface area contributed by atoms with Crippen LogP contribution in [0.2, 0.25) is 0 Å². The molecule has 2 rings (SSSR count). The second-order valence-corrected chi connectivity index (χ2v) is 5.98. The lowest BCUT2D eigenvalue weighted by Crippen LogP contribution is -2.14. The Bertz CT molecular complexity index is 524. The van der Waals surface area contributed by atoms with E-state index in [-0.39, 0.29) is 11.9 Å². The zero-order chi connectivity index (χ0) is 12.4. The summed E-state index contributed by atoms with van der Waals surface area (Å²) in [5, 5.41) is 2.01. The summed E-state index contributed by atoms with van der Waals surface area (Å²) in [5.74, 6) is -0.223. The van der Waals surface area contributed by atoms with E-state index in [0.717, 1.165) is 14.9 Å². The third-order valence-electron chi connectivity index (χ3n) is 2.59. The number of benzene rings is 1. The van der Waals surface area contributed by atoms with Crippen molar-refractivity contribution in [3.05, 3.63) is 55.9 Å². The van der Waals surface area contributed by atoms with Gasteiger partial charge >= 0.3 is 0 Å². The Hall–Kier alpha value is -0.710. The number of rotatable bonds is 3. The van der Waals surface area contributed by atoms with Gasteiger partial charge in [-0.2, -0.15) is 0 Å². The fourth-order valence-corrected chi connectivity index (χ4v) is 3.25. The van der Waals surface area contributed by atoms with E-state index in [0.29, 0.717) is 12.0 Å². The number of halogens is 2. The molecule has 0 amide bonds. The van der Waals surface area contributed by atoms with Gasteiger partial charge in [0, 0.05) is 32.8 Å². The van der Waals surface area contributed by atoms with Crippen LogP contribution in [0.3, 0.4) is 0 Å². The van der Waals surface area contributed by atoms with Crippen molar-refractivity contribution >= 4 is 27.3 Å². The van der Waals surface area contributed by atoms with Crippen molar-refractivity contribution in [2.24, 2.45) is 5.73 Å². The van der Waals surface area contributed by atoms with E-state index in [4.69, 9.17) is 5.73 Å². The van der Waals surface area contributed by atoms with Gasteiger partial charge in [-0.05, 0) is 35.0 Å². The van der Waals surface area contributed by atoms with E-state index in [1.165, 1.54) is 6.07 Å². The van der Waals surface area contributed by atoms with Gasteiger partial charge in [-0.3, -0.25) is 0 Å². The molecule has 1 nitrogen and oxygen atoms in total. The van der Waals surface area contributed by atoms with Crippen LogP contribution >= 0.6 is 27.3 Å². The summed E-state index contributed by atoms with van der Waals surface area (Å²) in [6, 6.07) is 6.80. The van der Waals surface area contributed by atoms with E-state index < -0.39 is 0 Å². The van der Waals surface area contributed by atoms with Crippen LogP contribution in [-0.2, 0) is 6.42 Å². The molecule has 90 valence electrons. The number of thiophene rings is 1. The first kappa shape index (κ1) is 12.7. The van der Waals surface area contributed by atoms with Crippen molar-refractivity contribution in [3.63, 3.8) is 0 Å². The molecule has 2 N–H and O–H groups in total. The van der Waals surface area contributed by atoms with Crippen LogP contribution in [0.1, 0.15) is 22.0 Å². The molecule has 1 atom stereocenters. The zero-order valence-corrected chi connectivity index (χ0v) is 11.8. The summed E-state index contributed by atoms with van der Waals surface area (Å²) in [5.41, 5.74) is 7.68. The Morgan fingerprint density at radius 1 is 1.41 bits per heavy atom. The van der Waals surface area contributed by atoms with Gasteiger partial charge in [0.25, 0.3) is 0 Å². The molecule has 4 heteroatoms. The molecule has 0 aliphatic rings. The highest BCUT2D eigenvalue weighted by Gasteiger charge is 2.13. The van der Waals surface area contributed by atoms with Gasteiger partial charge in [-0.1, -0.05) is 17.7 Å². The average molecular weight is 314 g/mol. The minimum atomic E-state index is -0.291. The van der Waals surface area contributed by atoms with Gasteiger partial charge in [-0.15, -0.1) is 11.3 Å². The highest BCUT2D eigenvalue weighted by atomic mass is 79.9. The second-order valence-electron chi connectivity index (χ2n) is 4.07. The van der Waals surface area contributed by atoms with Crippen LogP contribution in [-0.4, -0.2) is 0 Å². The molecule has 1 aromatic carbocycles. The van der Waals surface area contributed by atoms with Crippen LogP contribution in [0.15, 0.2) is 34.1 Å². The standard InChI is InChI=1S/C13H13BrFNS/c1-8-2-3-12(15)11(4-8)13(16)6-10-5-9(14)7-17-10/h2-5,7,13H,6,16H2,1H3. The lowest BCUT2D eigenvalue weighted by atomic mass is 10.0. The van der Waals surface area contributed by atoms with Crippen molar-refractivity contribution in [1.82, 2.24) is 0 Å². The summed E-state index contributed by atoms with van der Waals surface area (Å²) in [4.78, 5) is 1.16. The normalized spacial score (nSPS) is 12.7. The highest BCUT2D eigenvalue weighted by Crippen LogP contribution is 2.26. The highest BCUT2D eigenvalue weighted by molar-refractivity contribution is 9.10. The van der Waals surface area contributed by atoms with E-state index >= 15 is 0 Å². The van der Waals surface area contributed by atoms with Gasteiger partial charge in [0.1, 0.15) is 5.82 Å². The van der Waals surface area contributed by atoms with Crippen LogP contribution in [0.4, 0.5) is 4.39 Å². The first-order valence-corrected chi connectivity index (χ1v) is 6.98. The molecule has 0 spiro atoms. The first-order valence-electron chi connectivity index (χ1n) is 5.31. The van der Waals surface area contributed by atoms with Crippen molar-refractivity contribution < 1.29 is 4.39 Å². The molecule has 0 bridgehead atoms. The molecule has 0 saturated carbocycles. The summed E-state index contributed by atoms with van der Waals surface area (Å²) < 4.78 is 14.7. The Balaban J connectivity index is 2.19. The maximum absolute atomic E-state index is 13.6. The fraction of sp³-hybridized carbons (Fsp3) is 0.231. The lowest BCUT2D eigenvalue weighted by Gasteiger charge is -2.12. The largest absolute Gasteiger partial charge is 0.324 e. The number of hydrogen-bond donors (Lipinski definition) is 1. The lowest BCUT2D eigenvalue weighted by molar-refractivity contribution is 0.581. The Labute approximate surface area is 113 Å². The topological polar surface area (TPSA) is 26.0 Å². The van der Waals surface area contributed by atoms with Crippen LogP contribution in [0.25, 0.3) is 0 Å². The zero-order valence-electron chi connectivity index (χ0n) is 9.41. The maximum Gasteiger partial charge on any atom is 0.128 e. The molecule has 0 aliphatic heterocycles. The molecule has 1 heterocycles. The maximum atomic E-state index is 13.6. The number of aryl methyl sites for hydroxylation is 1. The summed E-state index contributed by atoms with van der Waals surface area (Å²) >= 11 is 5.03. The van der Waals surface area contributed by atoms with Gasteiger partial charge in [0.05, 0.1) is 0 Å². The monoisotopic (exact) mass is 313 g/mol. The molecule has 0 saturated heterocycles.